The molecule has 2 amide bonds. The number of nitrogens with one attached hydrogen (secondary N) is 1. The normalized spacial score (nSPS) is 22.3. The van der Waals surface area contributed by atoms with E-state index >= 15 is 9.59 Å². The predicted octanol–water partition coefficient (Wildman–Crippen LogP) is 9.40. The minimum atomic E-state index is -1.62. The highest BCUT2D eigenvalue weighted by atomic mass is 79.9. The van der Waals surface area contributed by atoms with Crippen molar-refractivity contribution in [1.82, 2.24) is 4.90 Å². The number of Topliss-reactive ketones (excluding diaryl/α,β-unsaturated/α-hetero) is 1. The molecule has 2 heterocycles. The van der Waals surface area contributed by atoms with Crippen LogP contribution in [0.25, 0.3) is 0 Å². The standard InChI is InChI=1S/C39H38BrClN2O3/c1-23(2)21-32-33(24-13-18-29(41)19-14-24)34(35(44)25-9-7-6-8-10-25)39(30-22-28(40)17-20-31(30)42-37(39)46)43(32)36(45)26-11-15-27(16-12-26)38(3,4)5/h6-20,22-23,32-34H,21H2,1-5H3,(H,42,46). The van der Waals surface area contributed by atoms with E-state index in [1.807, 2.05) is 84.9 Å². The van der Waals surface area contributed by atoms with Crippen molar-refractivity contribution in [2.24, 2.45) is 11.8 Å². The third kappa shape index (κ3) is 5.39. The van der Waals surface area contributed by atoms with Crippen molar-refractivity contribution >= 4 is 50.8 Å². The molecule has 0 aliphatic carbocycles. The van der Waals surface area contributed by atoms with E-state index < -0.39 is 23.4 Å². The van der Waals surface area contributed by atoms with Crippen LogP contribution in [-0.4, -0.2) is 28.5 Å². The second-order valence-corrected chi connectivity index (χ2v) is 15.2. The van der Waals surface area contributed by atoms with E-state index in [1.165, 1.54) is 0 Å². The molecule has 0 radical (unpaired) electrons. The van der Waals surface area contributed by atoms with Crippen molar-refractivity contribution in [3.63, 3.8) is 0 Å². The van der Waals surface area contributed by atoms with Gasteiger partial charge in [0, 0.05) is 43.8 Å². The largest absolute Gasteiger partial charge is 0.323 e. The van der Waals surface area contributed by atoms with Crippen LogP contribution in [0.2, 0.25) is 5.02 Å². The van der Waals surface area contributed by atoms with Crippen molar-refractivity contribution in [2.45, 2.75) is 64.0 Å². The summed E-state index contributed by atoms with van der Waals surface area (Å²) in [6, 6.07) is 29.4. The molecule has 1 saturated heterocycles. The molecule has 1 N–H and O–H groups in total. The maximum Gasteiger partial charge on any atom is 0.255 e. The molecule has 236 valence electrons. The second kappa shape index (κ2) is 12.1. The summed E-state index contributed by atoms with van der Waals surface area (Å²) in [5, 5.41) is 3.66. The van der Waals surface area contributed by atoms with Gasteiger partial charge in [-0.1, -0.05) is 117 Å². The summed E-state index contributed by atoms with van der Waals surface area (Å²) in [7, 11) is 0. The topological polar surface area (TPSA) is 66.5 Å². The number of carbonyl (C=O) groups excluding carboxylic acids is 3. The molecular formula is C39H38BrClN2O3. The summed E-state index contributed by atoms with van der Waals surface area (Å²) in [6.45, 7) is 10.6. The Morgan fingerprint density at radius 2 is 1.57 bits per heavy atom. The van der Waals surface area contributed by atoms with Crippen LogP contribution in [0.1, 0.15) is 84.4 Å². The number of halogens is 2. The van der Waals surface area contributed by atoms with Gasteiger partial charge in [0.25, 0.3) is 11.8 Å². The van der Waals surface area contributed by atoms with Gasteiger partial charge in [0.15, 0.2) is 11.3 Å². The van der Waals surface area contributed by atoms with Gasteiger partial charge in [0.2, 0.25) is 0 Å². The molecule has 1 spiro atoms. The number of anilines is 1. The van der Waals surface area contributed by atoms with Crippen LogP contribution >= 0.6 is 27.5 Å². The van der Waals surface area contributed by atoms with E-state index in [-0.39, 0.29) is 28.9 Å². The van der Waals surface area contributed by atoms with Gasteiger partial charge < -0.3 is 10.2 Å². The monoisotopic (exact) mass is 696 g/mol. The molecule has 0 aromatic heterocycles. The first kappa shape index (κ1) is 32.2. The molecule has 46 heavy (non-hydrogen) atoms. The Morgan fingerprint density at radius 3 is 2.17 bits per heavy atom. The first-order chi connectivity index (χ1) is 21.8. The quantitative estimate of drug-likeness (QED) is 0.204. The molecule has 4 aromatic rings. The molecule has 5 nitrogen and oxygen atoms in total. The predicted molar refractivity (Wildman–Crippen MR) is 187 cm³/mol. The fraction of sp³-hybridized carbons (Fsp3) is 0.308. The second-order valence-electron chi connectivity index (χ2n) is 13.9. The molecule has 2 aliphatic rings. The zero-order chi connectivity index (χ0) is 33.0. The number of nitrogens with zero attached hydrogens (tertiary/aromatic N) is 1. The number of amides is 2. The number of hydrogen-bond acceptors (Lipinski definition) is 3. The summed E-state index contributed by atoms with van der Waals surface area (Å²) in [4.78, 5) is 46.7. The number of ketones is 1. The zero-order valence-electron chi connectivity index (χ0n) is 26.7. The van der Waals surface area contributed by atoms with Gasteiger partial charge in [0.05, 0.1) is 5.92 Å². The highest BCUT2D eigenvalue weighted by Gasteiger charge is 2.70. The summed E-state index contributed by atoms with van der Waals surface area (Å²) in [5.41, 5.74) is 2.43. The first-order valence-corrected chi connectivity index (χ1v) is 16.9. The fourth-order valence-corrected chi connectivity index (χ4v) is 7.90. The van der Waals surface area contributed by atoms with E-state index in [1.54, 1.807) is 17.0 Å². The minimum absolute atomic E-state index is 0.0972. The van der Waals surface area contributed by atoms with Crippen molar-refractivity contribution < 1.29 is 14.4 Å². The summed E-state index contributed by atoms with van der Waals surface area (Å²) in [5.74, 6) is -2.10. The van der Waals surface area contributed by atoms with Gasteiger partial charge in [-0.3, -0.25) is 14.4 Å². The average Bonchev–Trinajstić information content (AvgIpc) is 3.47. The summed E-state index contributed by atoms with van der Waals surface area (Å²) >= 11 is 9.99. The Hall–Kier alpha value is -3.74. The molecule has 0 saturated carbocycles. The van der Waals surface area contributed by atoms with E-state index in [0.29, 0.717) is 33.8 Å². The lowest BCUT2D eigenvalue weighted by Crippen LogP contribution is -2.56. The van der Waals surface area contributed by atoms with E-state index in [9.17, 15) is 4.79 Å². The number of rotatable bonds is 6. The highest BCUT2D eigenvalue weighted by molar-refractivity contribution is 9.10. The fourth-order valence-electron chi connectivity index (χ4n) is 7.41. The maximum atomic E-state index is 15.1. The molecule has 6 rings (SSSR count). The van der Waals surface area contributed by atoms with Gasteiger partial charge in [-0.05, 0) is 71.3 Å². The summed E-state index contributed by atoms with van der Waals surface area (Å²) in [6.07, 6.45) is 0.579. The van der Waals surface area contributed by atoms with Crippen LogP contribution in [0.15, 0.2) is 102 Å². The van der Waals surface area contributed by atoms with Crippen LogP contribution in [-0.2, 0) is 15.7 Å². The SMILES string of the molecule is CC(C)CC1C(c2ccc(Cl)cc2)C(C(=O)c2ccccc2)C2(C(=O)Nc3ccc(Br)cc32)N1C(=O)c1ccc(C(C)(C)C)cc1. The third-order valence-electron chi connectivity index (χ3n) is 9.45. The molecule has 4 atom stereocenters. The van der Waals surface area contributed by atoms with E-state index in [2.05, 4.69) is 55.9 Å². The lowest BCUT2D eigenvalue weighted by atomic mass is 9.69. The highest BCUT2D eigenvalue weighted by Crippen LogP contribution is 2.60. The van der Waals surface area contributed by atoms with Gasteiger partial charge in [-0.25, -0.2) is 0 Å². The smallest absolute Gasteiger partial charge is 0.255 e. The van der Waals surface area contributed by atoms with Crippen LogP contribution in [0, 0.1) is 11.8 Å². The van der Waals surface area contributed by atoms with E-state index in [4.69, 9.17) is 11.6 Å². The van der Waals surface area contributed by atoms with Crippen molar-refractivity contribution in [1.29, 1.82) is 0 Å². The molecule has 4 unspecified atom stereocenters. The number of benzene rings is 4. The zero-order valence-corrected chi connectivity index (χ0v) is 29.0. The van der Waals surface area contributed by atoms with Crippen LogP contribution in [0.5, 0.6) is 0 Å². The lowest BCUT2D eigenvalue weighted by Gasteiger charge is -2.39. The first-order valence-electron chi connectivity index (χ1n) is 15.7. The molecule has 0 bridgehead atoms. The Balaban J connectivity index is 1.68. The van der Waals surface area contributed by atoms with Gasteiger partial charge in [-0.15, -0.1) is 0 Å². The van der Waals surface area contributed by atoms with Gasteiger partial charge in [0.1, 0.15) is 0 Å². The van der Waals surface area contributed by atoms with Crippen molar-refractivity contribution in [2.75, 3.05) is 5.32 Å². The molecular weight excluding hydrogens is 660 g/mol. The number of carbonyl (C=O) groups is 3. The van der Waals surface area contributed by atoms with Crippen molar-refractivity contribution in [3.05, 3.63) is 134 Å². The minimum Gasteiger partial charge on any atom is -0.323 e. The van der Waals surface area contributed by atoms with Gasteiger partial charge >= 0.3 is 0 Å². The maximum absolute atomic E-state index is 15.1. The Kier molecular flexibility index (Phi) is 8.49. The Labute approximate surface area is 284 Å². The molecule has 4 aromatic carbocycles. The van der Waals surface area contributed by atoms with Gasteiger partial charge in [-0.2, -0.15) is 0 Å². The molecule has 1 fully saturated rings. The average molecular weight is 698 g/mol. The molecule has 7 heteroatoms. The third-order valence-corrected chi connectivity index (χ3v) is 10.2. The summed E-state index contributed by atoms with van der Waals surface area (Å²) < 4.78 is 0.755. The number of fused-ring (bicyclic) bond motifs is 2. The lowest BCUT2D eigenvalue weighted by molar-refractivity contribution is -0.127. The van der Waals surface area contributed by atoms with Crippen LogP contribution in [0.4, 0.5) is 5.69 Å². The van der Waals surface area contributed by atoms with Crippen LogP contribution < -0.4 is 5.32 Å². The Bertz CT molecular complexity index is 1800. The number of hydrogen-bond donors (Lipinski definition) is 1. The van der Waals surface area contributed by atoms with E-state index in [0.717, 1.165) is 15.6 Å². The van der Waals surface area contributed by atoms with Crippen molar-refractivity contribution in [3.8, 4) is 0 Å². The Morgan fingerprint density at radius 1 is 0.913 bits per heavy atom. The molecule has 2 aliphatic heterocycles. The number of likely N-dealkylation sites (tertiary alicyclic amines) is 1. The van der Waals surface area contributed by atoms with Crippen LogP contribution in [0.3, 0.4) is 0 Å².